The fraction of sp³-hybridized carbons (Fsp3) is 0.136. The first-order valence-corrected chi connectivity index (χ1v) is 9.61. The highest BCUT2D eigenvalue weighted by molar-refractivity contribution is 6.05. The van der Waals surface area contributed by atoms with Gasteiger partial charge in [-0.1, -0.05) is 0 Å². The Morgan fingerprint density at radius 3 is 2.32 bits per heavy atom. The number of aromatic nitrogens is 3. The second-order valence-corrected chi connectivity index (χ2v) is 6.83. The number of rotatable bonds is 6. The summed E-state index contributed by atoms with van der Waals surface area (Å²) in [4.78, 5) is 24.4. The van der Waals surface area contributed by atoms with E-state index in [9.17, 15) is 14.9 Å². The van der Waals surface area contributed by atoms with Gasteiger partial charge in [0.25, 0.3) is 11.6 Å². The minimum absolute atomic E-state index is 0.0694. The van der Waals surface area contributed by atoms with E-state index in [0.717, 1.165) is 17.0 Å². The van der Waals surface area contributed by atoms with Crippen LogP contribution in [-0.2, 0) is 0 Å². The normalized spacial score (nSPS) is 10.8. The summed E-state index contributed by atoms with van der Waals surface area (Å²) in [7, 11) is 0. The lowest BCUT2D eigenvalue weighted by molar-refractivity contribution is -0.384. The standard InChI is InChI=1S/C22H19N5O4/c1-3-31-18-10-8-16(9-11-18)26-24-20-12-14(2)19(13-21(20)25-26)23-22(28)15-4-6-17(7-5-15)27(29)30/h4-13H,3H2,1-2H3,(H,23,28). The van der Waals surface area contributed by atoms with Gasteiger partial charge in [0.15, 0.2) is 0 Å². The van der Waals surface area contributed by atoms with E-state index in [2.05, 4.69) is 15.5 Å². The number of non-ortho nitro benzene ring substituents is 1. The number of carbonyl (C=O) groups excluding carboxylic acids is 1. The summed E-state index contributed by atoms with van der Waals surface area (Å²) in [6, 6.07) is 16.5. The molecule has 0 unspecified atom stereocenters. The van der Waals surface area contributed by atoms with Crippen molar-refractivity contribution in [1.82, 2.24) is 15.0 Å². The molecule has 0 fully saturated rings. The van der Waals surface area contributed by atoms with E-state index in [1.54, 1.807) is 6.07 Å². The molecule has 1 heterocycles. The highest BCUT2D eigenvalue weighted by Crippen LogP contribution is 2.24. The van der Waals surface area contributed by atoms with Crippen LogP contribution in [0, 0.1) is 17.0 Å². The molecule has 0 aliphatic rings. The second-order valence-electron chi connectivity index (χ2n) is 6.83. The third kappa shape index (κ3) is 4.20. The van der Waals surface area contributed by atoms with Crippen molar-refractivity contribution < 1.29 is 14.5 Å². The van der Waals surface area contributed by atoms with Gasteiger partial charge in [0.05, 0.1) is 17.2 Å². The fourth-order valence-electron chi connectivity index (χ4n) is 3.09. The third-order valence-corrected chi connectivity index (χ3v) is 4.69. The van der Waals surface area contributed by atoms with Gasteiger partial charge in [-0.05, 0) is 67.9 Å². The van der Waals surface area contributed by atoms with Crippen LogP contribution < -0.4 is 10.1 Å². The number of anilines is 1. The number of hydrogen-bond acceptors (Lipinski definition) is 6. The lowest BCUT2D eigenvalue weighted by atomic mass is 10.1. The molecular weight excluding hydrogens is 398 g/mol. The van der Waals surface area contributed by atoms with Crippen LogP contribution in [0.5, 0.6) is 5.75 Å². The van der Waals surface area contributed by atoms with E-state index < -0.39 is 4.92 Å². The van der Waals surface area contributed by atoms with Gasteiger partial charge < -0.3 is 10.1 Å². The highest BCUT2D eigenvalue weighted by Gasteiger charge is 2.13. The summed E-state index contributed by atoms with van der Waals surface area (Å²) in [5.41, 5.74) is 3.77. The van der Waals surface area contributed by atoms with Crippen molar-refractivity contribution in [3.63, 3.8) is 0 Å². The maximum Gasteiger partial charge on any atom is 0.269 e. The molecular formula is C22H19N5O4. The lowest BCUT2D eigenvalue weighted by Crippen LogP contribution is -2.12. The zero-order valence-electron chi connectivity index (χ0n) is 16.9. The molecule has 156 valence electrons. The van der Waals surface area contributed by atoms with Gasteiger partial charge in [-0.2, -0.15) is 4.80 Å². The summed E-state index contributed by atoms with van der Waals surface area (Å²) < 4.78 is 5.46. The smallest absolute Gasteiger partial charge is 0.269 e. The molecule has 0 saturated heterocycles. The Kier molecular flexibility index (Phi) is 5.31. The molecule has 0 radical (unpaired) electrons. The minimum Gasteiger partial charge on any atom is -0.494 e. The van der Waals surface area contributed by atoms with Crippen molar-refractivity contribution in [3.05, 3.63) is 81.9 Å². The average molecular weight is 417 g/mol. The largest absolute Gasteiger partial charge is 0.494 e. The molecule has 9 heteroatoms. The maximum atomic E-state index is 12.6. The highest BCUT2D eigenvalue weighted by atomic mass is 16.6. The van der Waals surface area contributed by atoms with Crippen molar-refractivity contribution >= 4 is 28.3 Å². The zero-order chi connectivity index (χ0) is 22.0. The molecule has 0 aliphatic heterocycles. The van der Waals surface area contributed by atoms with Crippen LogP contribution in [0.25, 0.3) is 16.7 Å². The van der Waals surface area contributed by atoms with Crippen molar-refractivity contribution in [2.75, 3.05) is 11.9 Å². The first-order valence-electron chi connectivity index (χ1n) is 9.61. The number of hydrogen-bond donors (Lipinski definition) is 1. The SMILES string of the molecule is CCOc1ccc(-n2nc3cc(C)c(NC(=O)c4ccc([N+](=O)[O-])cc4)cc3n2)cc1. The molecule has 1 aromatic heterocycles. The molecule has 0 bridgehead atoms. The molecule has 0 saturated carbocycles. The van der Waals surface area contributed by atoms with E-state index in [1.165, 1.54) is 29.1 Å². The Morgan fingerprint density at radius 1 is 1.06 bits per heavy atom. The molecule has 3 aromatic carbocycles. The predicted octanol–water partition coefficient (Wildman–Crippen LogP) is 4.29. The summed E-state index contributed by atoms with van der Waals surface area (Å²) >= 11 is 0. The van der Waals surface area contributed by atoms with Crippen molar-refractivity contribution in [2.45, 2.75) is 13.8 Å². The third-order valence-electron chi connectivity index (χ3n) is 4.69. The quantitative estimate of drug-likeness (QED) is 0.370. The summed E-state index contributed by atoms with van der Waals surface area (Å²) in [5, 5.41) is 22.6. The monoisotopic (exact) mass is 417 g/mol. The van der Waals surface area contributed by atoms with Crippen molar-refractivity contribution in [3.8, 4) is 11.4 Å². The van der Waals surface area contributed by atoms with Gasteiger partial charge in [0.1, 0.15) is 16.8 Å². The number of nitro groups is 1. The molecule has 0 atom stereocenters. The Labute approximate surface area is 177 Å². The summed E-state index contributed by atoms with van der Waals surface area (Å²) in [5.74, 6) is 0.409. The van der Waals surface area contributed by atoms with E-state index in [0.29, 0.717) is 28.9 Å². The molecule has 31 heavy (non-hydrogen) atoms. The first kappa shape index (κ1) is 20.0. The Hall–Kier alpha value is -4.27. The molecule has 1 amide bonds. The Bertz CT molecular complexity index is 1260. The van der Waals surface area contributed by atoms with Crippen LogP contribution in [0.4, 0.5) is 11.4 Å². The molecule has 4 rings (SSSR count). The summed E-state index contributed by atoms with van der Waals surface area (Å²) in [6.07, 6.45) is 0. The van der Waals surface area contributed by atoms with Gasteiger partial charge in [-0.15, -0.1) is 10.2 Å². The first-order chi connectivity index (χ1) is 14.9. The Balaban J connectivity index is 1.58. The summed E-state index contributed by atoms with van der Waals surface area (Å²) in [6.45, 7) is 4.38. The number of nitro benzene ring substituents is 1. The van der Waals surface area contributed by atoms with Gasteiger partial charge in [-0.3, -0.25) is 14.9 Å². The van der Waals surface area contributed by atoms with E-state index in [4.69, 9.17) is 4.74 Å². The van der Waals surface area contributed by atoms with Crippen LogP contribution in [-0.4, -0.2) is 32.4 Å². The fourth-order valence-corrected chi connectivity index (χ4v) is 3.09. The van der Waals surface area contributed by atoms with Crippen molar-refractivity contribution in [2.24, 2.45) is 0 Å². The second kappa shape index (κ2) is 8.23. The van der Waals surface area contributed by atoms with Crippen LogP contribution in [0.2, 0.25) is 0 Å². The Morgan fingerprint density at radius 2 is 1.71 bits per heavy atom. The molecule has 0 spiro atoms. The average Bonchev–Trinajstić information content (AvgIpc) is 3.17. The minimum atomic E-state index is -0.506. The number of carbonyl (C=O) groups is 1. The number of aryl methyl sites for hydroxylation is 1. The number of ether oxygens (including phenoxy) is 1. The maximum absolute atomic E-state index is 12.6. The van der Waals surface area contributed by atoms with Gasteiger partial charge >= 0.3 is 0 Å². The van der Waals surface area contributed by atoms with E-state index >= 15 is 0 Å². The van der Waals surface area contributed by atoms with Gasteiger partial charge in [0.2, 0.25) is 0 Å². The van der Waals surface area contributed by atoms with Gasteiger partial charge in [0, 0.05) is 23.4 Å². The number of fused-ring (bicyclic) bond motifs is 1. The number of nitrogens with zero attached hydrogens (tertiary/aromatic N) is 4. The number of amides is 1. The molecule has 1 N–H and O–H groups in total. The van der Waals surface area contributed by atoms with Crippen LogP contribution in [0.15, 0.2) is 60.7 Å². The van der Waals surface area contributed by atoms with Gasteiger partial charge in [-0.25, -0.2) is 0 Å². The number of benzene rings is 3. The van der Waals surface area contributed by atoms with Crippen LogP contribution in [0.1, 0.15) is 22.8 Å². The predicted molar refractivity (Wildman–Crippen MR) is 116 cm³/mol. The lowest BCUT2D eigenvalue weighted by Gasteiger charge is -2.08. The topological polar surface area (TPSA) is 112 Å². The molecule has 0 aliphatic carbocycles. The van der Waals surface area contributed by atoms with E-state index in [-0.39, 0.29) is 11.6 Å². The molecule has 4 aromatic rings. The van der Waals surface area contributed by atoms with Crippen LogP contribution in [0.3, 0.4) is 0 Å². The van der Waals surface area contributed by atoms with Crippen LogP contribution >= 0.6 is 0 Å². The number of nitrogens with one attached hydrogen (secondary N) is 1. The van der Waals surface area contributed by atoms with Crippen molar-refractivity contribution in [1.29, 1.82) is 0 Å². The zero-order valence-corrected chi connectivity index (χ0v) is 16.9. The molecule has 9 nitrogen and oxygen atoms in total. The van der Waals surface area contributed by atoms with E-state index in [1.807, 2.05) is 44.2 Å².